The zero-order chi connectivity index (χ0) is 14.0. The van der Waals surface area contributed by atoms with Crippen molar-refractivity contribution in [3.05, 3.63) is 0 Å². The lowest BCUT2D eigenvalue weighted by Crippen LogP contribution is -2.64. The third-order valence-electron chi connectivity index (χ3n) is 5.75. The smallest absolute Gasteiger partial charge is 0.0706 e. The maximum absolute atomic E-state index is 6.10. The number of ether oxygens (including phenoxy) is 1. The highest BCUT2D eigenvalue weighted by Gasteiger charge is 2.44. The van der Waals surface area contributed by atoms with Crippen molar-refractivity contribution in [2.75, 3.05) is 19.6 Å². The van der Waals surface area contributed by atoms with Crippen molar-refractivity contribution in [1.82, 2.24) is 10.2 Å². The van der Waals surface area contributed by atoms with Crippen LogP contribution in [0.3, 0.4) is 0 Å². The molecule has 3 atom stereocenters. The van der Waals surface area contributed by atoms with Gasteiger partial charge in [0.15, 0.2) is 0 Å². The van der Waals surface area contributed by atoms with Gasteiger partial charge in [0.2, 0.25) is 0 Å². The van der Waals surface area contributed by atoms with Crippen molar-refractivity contribution in [1.29, 1.82) is 0 Å². The van der Waals surface area contributed by atoms with Crippen molar-refractivity contribution in [3.8, 4) is 0 Å². The highest BCUT2D eigenvalue weighted by atomic mass is 16.5. The second-order valence-electron chi connectivity index (χ2n) is 7.35. The van der Waals surface area contributed by atoms with Gasteiger partial charge in [-0.25, -0.2) is 0 Å². The Balaban J connectivity index is 1.65. The SMILES string of the molecule is CCCC1CN(CC2CCC(C)O2)C2(CCCC2)CN1. The summed E-state index contributed by atoms with van der Waals surface area (Å²) in [7, 11) is 0. The Kier molecular flexibility index (Phi) is 4.68. The van der Waals surface area contributed by atoms with E-state index in [0.717, 1.165) is 0 Å². The third-order valence-corrected chi connectivity index (χ3v) is 5.75. The highest BCUT2D eigenvalue weighted by molar-refractivity contribution is 5.02. The van der Waals surface area contributed by atoms with Crippen molar-refractivity contribution < 1.29 is 4.74 Å². The van der Waals surface area contributed by atoms with E-state index >= 15 is 0 Å². The first kappa shape index (κ1) is 14.8. The van der Waals surface area contributed by atoms with E-state index in [1.54, 1.807) is 0 Å². The minimum atomic E-state index is 0.458. The van der Waals surface area contributed by atoms with Gasteiger partial charge in [-0.2, -0.15) is 0 Å². The maximum Gasteiger partial charge on any atom is 0.0706 e. The number of nitrogens with one attached hydrogen (secondary N) is 1. The topological polar surface area (TPSA) is 24.5 Å². The quantitative estimate of drug-likeness (QED) is 0.857. The van der Waals surface area contributed by atoms with Crippen LogP contribution < -0.4 is 5.32 Å². The van der Waals surface area contributed by atoms with E-state index in [1.807, 2.05) is 0 Å². The van der Waals surface area contributed by atoms with Gasteiger partial charge in [0, 0.05) is 31.2 Å². The average Bonchev–Trinajstić information content (AvgIpc) is 3.05. The molecule has 0 radical (unpaired) electrons. The molecule has 1 N–H and O–H groups in total. The number of hydrogen-bond donors (Lipinski definition) is 1. The first-order valence-corrected chi connectivity index (χ1v) is 8.86. The Morgan fingerprint density at radius 2 is 2.05 bits per heavy atom. The molecule has 20 heavy (non-hydrogen) atoms. The zero-order valence-corrected chi connectivity index (χ0v) is 13.4. The predicted molar refractivity (Wildman–Crippen MR) is 83.0 cm³/mol. The van der Waals surface area contributed by atoms with Crippen LogP contribution in [-0.2, 0) is 4.74 Å². The molecule has 0 aromatic heterocycles. The van der Waals surface area contributed by atoms with E-state index in [1.165, 1.54) is 71.0 Å². The molecule has 3 unspecified atom stereocenters. The molecule has 116 valence electrons. The molecule has 1 spiro atoms. The summed E-state index contributed by atoms with van der Waals surface area (Å²) in [5.41, 5.74) is 0.458. The van der Waals surface area contributed by atoms with E-state index in [-0.39, 0.29) is 0 Å². The summed E-state index contributed by atoms with van der Waals surface area (Å²) in [4.78, 5) is 2.82. The first-order chi connectivity index (χ1) is 9.72. The summed E-state index contributed by atoms with van der Waals surface area (Å²) < 4.78 is 6.10. The van der Waals surface area contributed by atoms with Gasteiger partial charge in [-0.3, -0.25) is 4.90 Å². The minimum Gasteiger partial charge on any atom is -0.374 e. The molecule has 2 saturated heterocycles. The molecule has 3 fully saturated rings. The second-order valence-corrected chi connectivity index (χ2v) is 7.35. The standard InChI is InChI=1S/C17H32N2O/c1-3-6-15-11-19(12-16-8-7-14(2)20-16)17(13-18-15)9-4-5-10-17/h14-16,18H,3-13H2,1-2H3. The minimum absolute atomic E-state index is 0.458. The number of rotatable bonds is 4. The van der Waals surface area contributed by atoms with E-state index in [4.69, 9.17) is 4.74 Å². The van der Waals surface area contributed by atoms with Crippen molar-refractivity contribution in [3.63, 3.8) is 0 Å². The monoisotopic (exact) mass is 280 g/mol. The summed E-state index contributed by atoms with van der Waals surface area (Å²) >= 11 is 0. The van der Waals surface area contributed by atoms with Gasteiger partial charge in [0.1, 0.15) is 0 Å². The van der Waals surface area contributed by atoms with E-state index < -0.39 is 0 Å². The maximum atomic E-state index is 6.10. The molecule has 2 heterocycles. The van der Waals surface area contributed by atoms with E-state index in [0.29, 0.717) is 23.8 Å². The molecule has 3 heteroatoms. The molecule has 0 aromatic carbocycles. The fourth-order valence-corrected chi connectivity index (χ4v) is 4.57. The van der Waals surface area contributed by atoms with Gasteiger partial charge < -0.3 is 10.1 Å². The van der Waals surface area contributed by atoms with Crippen LogP contribution >= 0.6 is 0 Å². The summed E-state index contributed by atoms with van der Waals surface area (Å²) in [6, 6.07) is 0.699. The van der Waals surface area contributed by atoms with E-state index in [9.17, 15) is 0 Å². The largest absolute Gasteiger partial charge is 0.374 e. The van der Waals surface area contributed by atoms with Gasteiger partial charge >= 0.3 is 0 Å². The molecular weight excluding hydrogens is 248 g/mol. The lowest BCUT2D eigenvalue weighted by atomic mass is 9.89. The van der Waals surface area contributed by atoms with Crippen LogP contribution in [0.1, 0.15) is 65.2 Å². The molecule has 3 nitrogen and oxygen atoms in total. The summed E-state index contributed by atoms with van der Waals surface area (Å²) in [6.45, 7) is 8.14. The Morgan fingerprint density at radius 3 is 2.70 bits per heavy atom. The molecule has 0 aromatic rings. The van der Waals surface area contributed by atoms with Gasteiger partial charge in [-0.1, -0.05) is 26.2 Å². The first-order valence-electron chi connectivity index (χ1n) is 8.86. The van der Waals surface area contributed by atoms with Crippen LogP contribution in [0.25, 0.3) is 0 Å². The molecule has 0 bridgehead atoms. The number of hydrogen-bond acceptors (Lipinski definition) is 3. The third kappa shape index (κ3) is 3.05. The predicted octanol–water partition coefficient (Wildman–Crippen LogP) is 2.94. The van der Waals surface area contributed by atoms with Gasteiger partial charge in [0.05, 0.1) is 12.2 Å². The van der Waals surface area contributed by atoms with Crippen LogP contribution in [-0.4, -0.2) is 48.3 Å². The van der Waals surface area contributed by atoms with Crippen molar-refractivity contribution in [2.45, 2.75) is 89.0 Å². The van der Waals surface area contributed by atoms with Crippen molar-refractivity contribution in [2.24, 2.45) is 0 Å². The van der Waals surface area contributed by atoms with Gasteiger partial charge in [-0.05, 0) is 39.0 Å². The summed E-state index contributed by atoms with van der Waals surface area (Å²) in [6.07, 6.45) is 11.7. The molecular formula is C17H32N2O. The van der Waals surface area contributed by atoms with Crippen LogP contribution in [0, 0.1) is 0 Å². The molecule has 3 aliphatic rings. The highest BCUT2D eigenvalue weighted by Crippen LogP contribution is 2.38. The van der Waals surface area contributed by atoms with Crippen molar-refractivity contribution >= 4 is 0 Å². The Labute approximate surface area is 124 Å². The normalized spacial score (nSPS) is 37.8. The fraction of sp³-hybridized carbons (Fsp3) is 1.00. The van der Waals surface area contributed by atoms with Gasteiger partial charge in [0.25, 0.3) is 0 Å². The lowest BCUT2D eigenvalue weighted by Gasteiger charge is -2.49. The molecule has 0 amide bonds. The molecule has 1 saturated carbocycles. The summed E-state index contributed by atoms with van der Waals surface area (Å²) in [5.74, 6) is 0. The summed E-state index contributed by atoms with van der Waals surface area (Å²) in [5, 5.41) is 3.83. The average molecular weight is 280 g/mol. The Hall–Kier alpha value is -0.120. The van der Waals surface area contributed by atoms with E-state index in [2.05, 4.69) is 24.1 Å². The Morgan fingerprint density at radius 1 is 1.25 bits per heavy atom. The number of piperazine rings is 1. The molecule has 1 aliphatic carbocycles. The van der Waals surface area contributed by atoms with Gasteiger partial charge in [-0.15, -0.1) is 0 Å². The van der Waals surface area contributed by atoms with Crippen LogP contribution in [0.15, 0.2) is 0 Å². The zero-order valence-electron chi connectivity index (χ0n) is 13.4. The lowest BCUT2D eigenvalue weighted by molar-refractivity contribution is -0.0221. The second kappa shape index (κ2) is 6.33. The van der Waals surface area contributed by atoms with Crippen LogP contribution in [0.5, 0.6) is 0 Å². The Bertz CT molecular complexity index is 314. The molecule has 2 aliphatic heterocycles. The van der Waals surface area contributed by atoms with Crippen LogP contribution in [0.4, 0.5) is 0 Å². The molecule has 3 rings (SSSR count). The van der Waals surface area contributed by atoms with Crippen LogP contribution in [0.2, 0.25) is 0 Å². The fourth-order valence-electron chi connectivity index (χ4n) is 4.57. The number of nitrogens with zero attached hydrogens (tertiary/aromatic N) is 1.